The molecular weight excluding hydrogens is 601 g/mol. The molecule has 0 aliphatic rings. The van der Waals surface area contributed by atoms with Crippen molar-refractivity contribution >= 4 is 69.6 Å². The zero-order valence-electron chi connectivity index (χ0n) is 18.9. The van der Waals surface area contributed by atoms with Gasteiger partial charge in [-0.05, 0) is 70.8 Å². The summed E-state index contributed by atoms with van der Waals surface area (Å²) in [4.78, 5) is 0. The molecule has 192 valence electrons. The minimum absolute atomic E-state index is 0.0123. The zero-order chi connectivity index (χ0) is 27.2. The van der Waals surface area contributed by atoms with Gasteiger partial charge in [0.2, 0.25) is 0 Å². The van der Waals surface area contributed by atoms with Gasteiger partial charge in [0.25, 0.3) is 0 Å². The lowest BCUT2D eigenvalue weighted by Gasteiger charge is -2.40. The molecule has 0 spiro atoms. The number of aromatic hydroxyl groups is 4. The number of benzene rings is 4. The molecule has 0 unspecified atom stereocenters. The van der Waals surface area contributed by atoms with E-state index in [2.05, 4.69) is 0 Å². The molecule has 0 saturated heterocycles. The van der Waals surface area contributed by atoms with Crippen LogP contribution in [0.5, 0.6) is 23.0 Å². The van der Waals surface area contributed by atoms with Gasteiger partial charge in [-0.25, -0.2) is 0 Å². The summed E-state index contributed by atoms with van der Waals surface area (Å²) < 4.78 is 0. The van der Waals surface area contributed by atoms with Crippen molar-refractivity contribution in [2.75, 3.05) is 0 Å². The predicted molar refractivity (Wildman–Crippen MR) is 151 cm³/mol. The lowest BCUT2D eigenvalue weighted by Crippen LogP contribution is -2.33. The van der Waals surface area contributed by atoms with Gasteiger partial charge in [0.05, 0.1) is 30.1 Å². The lowest BCUT2D eigenvalue weighted by molar-refractivity contribution is 0.463. The highest BCUT2D eigenvalue weighted by Gasteiger charge is 2.41. The molecule has 0 aliphatic heterocycles. The topological polar surface area (TPSA) is 80.9 Å². The Hall–Kier alpha value is -2.18. The fourth-order valence-corrected chi connectivity index (χ4v) is 5.89. The van der Waals surface area contributed by atoms with Gasteiger partial charge < -0.3 is 20.4 Å². The fourth-order valence-electron chi connectivity index (χ4n) is 4.52. The fraction of sp³-hybridized carbons (Fsp3) is 0.111. The second kappa shape index (κ2) is 10.5. The second-order valence-corrected chi connectivity index (χ2v) is 11.1. The van der Waals surface area contributed by atoms with E-state index in [1.807, 2.05) is 6.92 Å². The molecule has 10 heteroatoms. The molecule has 0 fully saturated rings. The van der Waals surface area contributed by atoms with Crippen LogP contribution in [0, 0.1) is 0 Å². The molecule has 4 nitrogen and oxygen atoms in total. The largest absolute Gasteiger partial charge is 0.506 e. The van der Waals surface area contributed by atoms with Crippen molar-refractivity contribution in [2.45, 2.75) is 18.3 Å². The predicted octanol–water partition coefficient (Wildman–Crippen LogP) is 9.57. The number of hydrogen-bond acceptors (Lipinski definition) is 4. The van der Waals surface area contributed by atoms with Crippen LogP contribution in [0.3, 0.4) is 0 Å². The van der Waals surface area contributed by atoms with Crippen molar-refractivity contribution in [3.05, 3.63) is 113 Å². The summed E-state index contributed by atoms with van der Waals surface area (Å²) in [5, 5.41) is 41.0. The van der Waals surface area contributed by atoms with E-state index in [1.165, 1.54) is 12.1 Å². The third kappa shape index (κ3) is 5.12. The van der Waals surface area contributed by atoms with Crippen molar-refractivity contribution in [3.8, 4) is 23.0 Å². The standard InChI is InChI=1S/C27H18Cl6O4/c1-27(14-2-4-22(34)16(28)10-14,15-3-5-23(35)17(29)11-15)24(12-6-18(30)25(36)19(31)7-12)13-8-20(32)26(37)21(33)9-13/h2-11,24,34-37H,1H3. The summed E-state index contributed by atoms with van der Waals surface area (Å²) in [5.74, 6) is -1.47. The minimum atomic E-state index is -1.05. The molecule has 0 saturated carbocycles. The SMILES string of the molecule is CC(c1ccc(O)c(Cl)c1)(c1ccc(O)c(Cl)c1)C(c1cc(Cl)c(O)c(Cl)c1)c1cc(Cl)c(O)c(Cl)c1. The molecule has 37 heavy (non-hydrogen) atoms. The van der Waals surface area contributed by atoms with Crippen LogP contribution in [-0.4, -0.2) is 20.4 Å². The molecule has 0 bridgehead atoms. The molecule has 4 rings (SSSR count). The van der Waals surface area contributed by atoms with Gasteiger partial charge in [-0.1, -0.05) is 88.7 Å². The van der Waals surface area contributed by atoms with Crippen LogP contribution in [0.15, 0.2) is 60.7 Å². The number of halogens is 6. The maximum absolute atomic E-state index is 10.2. The third-order valence-corrected chi connectivity index (χ3v) is 8.18. The van der Waals surface area contributed by atoms with Gasteiger partial charge >= 0.3 is 0 Å². The maximum Gasteiger partial charge on any atom is 0.152 e. The molecule has 0 amide bonds. The molecule has 0 atom stereocenters. The Morgan fingerprint density at radius 1 is 0.514 bits per heavy atom. The Morgan fingerprint density at radius 3 is 1.14 bits per heavy atom. The maximum atomic E-state index is 10.2. The molecule has 4 aromatic carbocycles. The molecule has 4 aromatic rings. The van der Waals surface area contributed by atoms with Crippen LogP contribution in [0.2, 0.25) is 30.1 Å². The highest BCUT2D eigenvalue weighted by Crippen LogP contribution is 2.53. The van der Waals surface area contributed by atoms with Crippen molar-refractivity contribution in [1.29, 1.82) is 0 Å². The van der Waals surface area contributed by atoms with E-state index in [9.17, 15) is 20.4 Å². The first-order valence-electron chi connectivity index (χ1n) is 10.7. The van der Waals surface area contributed by atoms with E-state index in [0.717, 1.165) is 0 Å². The highest BCUT2D eigenvalue weighted by molar-refractivity contribution is 6.38. The molecule has 4 N–H and O–H groups in total. The van der Waals surface area contributed by atoms with Crippen molar-refractivity contribution in [2.24, 2.45) is 0 Å². The van der Waals surface area contributed by atoms with Crippen molar-refractivity contribution in [1.82, 2.24) is 0 Å². The number of phenolic OH excluding ortho intramolecular Hbond substituents is 4. The zero-order valence-corrected chi connectivity index (χ0v) is 23.4. The summed E-state index contributed by atoms with van der Waals surface area (Å²) in [6.45, 7) is 1.90. The monoisotopic (exact) mass is 616 g/mol. The third-order valence-electron chi connectivity index (χ3n) is 6.42. The summed E-state index contributed by atoms with van der Waals surface area (Å²) >= 11 is 38.0. The number of hydrogen-bond donors (Lipinski definition) is 4. The van der Waals surface area contributed by atoms with E-state index >= 15 is 0 Å². The highest BCUT2D eigenvalue weighted by atomic mass is 35.5. The van der Waals surface area contributed by atoms with Crippen LogP contribution in [0.1, 0.15) is 35.1 Å². The Balaban J connectivity index is 2.16. The Kier molecular flexibility index (Phi) is 7.92. The number of phenols is 4. The summed E-state index contributed by atoms with van der Waals surface area (Å²) in [6.07, 6.45) is 0. The first-order valence-corrected chi connectivity index (χ1v) is 12.9. The minimum Gasteiger partial charge on any atom is -0.506 e. The van der Waals surface area contributed by atoms with Crippen LogP contribution < -0.4 is 0 Å². The molecule has 0 aromatic heterocycles. The summed E-state index contributed by atoms with van der Waals surface area (Å²) in [7, 11) is 0. The normalized spacial score (nSPS) is 11.8. The van der Waals surface area contributed by atoms with Crippen molar-refractivity contribution in [3.63, 3.8) is 0 Å². The van der Waals surface area contributed by atoms with E-state index < -0.39 is 11.3 Å². The van der Waals surface area contributed by atoms with E-state index in [4.69, 9.17) is 69.6 Å². The van der Waals surface area contributed by atoms with Crippen molar-refractivity contribution < 1.29 is 20.4 Å². The summed E-state index contributed by atoms with van der Waals surface area (Å²) in [6, 6.07) is 15.8. The van der Waals surface area contributed by atoms with E-state index in [0.29, 0.717) is 22.3 Å². The number of rotatable bonds is 5. The van der Waals surface area contributed by atoms with Gasteiger partial charge in [0.15, 0.2) is 11.5 Å². The quantitative estimate of drug-likeness (QED) is 0.180. The molecular formula is C27H18Cl6O4. The smallest absolute Gasteiger partial charge is 0.152 e. The molecule has 0 radical (unpaired) electrons. The Labute approximate surface area is 243 Å². The van der Waals surface area contributed by atoms with Crippen LogP contribution >= 0.6 is 69.6 Å². The lowest BCUT2D eigenvalue weighted by atomic mass is 9.62. The van der Waals surface area contributed by atoms with Crippen LogP contribution in [0.25, 0.3) is 0 Å². The first kappa shape index (κ1) is 27.8. The summed E-state index contributed by atoms with van der Waals surface area (Å²) in [5.41, 5.74) is 1.34. The van der Waals surface area contributed by atoms with Crippen LogP contribution in [-0.2, 0) is 5.41 Å². The average molecular weight is 619 g/mol. The van der Waals surface area contributed by atoms with E-state index in [-0.39, 0.29) is 53.1 Å². The van der Waals surface area contributed by atoms with Gasteiger partial charge in [-0.2, -0.15) is 0 Å². The van der Waals surface area contributed by atoms with Gasteiger partial charge in [0.1, 0.15) is 11.5 Å². The van der Waals surface area contributed by atoms with Crippen LogP contribution in [0.4, 0.5) is 0 Å². The Bertz CT molecular complexity index is 1370. The average Bonchev–Trinajstić information content (AvgIpc) is 2.84. The van der Waals surface area contributed by atoms with Gasteiger partial charge in [-0.3, -0.25) is 0 Å². The van der Waals surface area contributed by atoms with Gasteiger partial charge in [-0.15, -0.1) is 0 Å². The van der Waals surface area contributed by atoms with Gasteiger partial charge in [0, 0.05) is 11.3 Å². The second-order valence-electron chi connectivity index (χ2n) is 8.63. The Morgan fingerprint density at radius 2 is 0.838 bits per heavy atom. The van der Waals surface area contributed by atoms with E-state index in [1.54, 1.807) is 48.5 Å². The molecule has 0 heterocycles. The molecule has 0 aliphatic carbocycles. The first-order chi connectivity index (χ1) is 17.3.